The van der Waals surface area contributed by atoms with Crippen LogP contribution in [0.2, 0.25) is 0 Å². The molecule has 0 heterocycles. The van der Waals surface area contributed by atoms with Gasteiger partial charge in [0.05, 0.1) is 0 Å². The molecule has 0 amide bonds. The second kappa shape index (κ2) is 6.10. The van der Waals surface area contributed by atoms with Crippen LogP contribution in [0, 0.1) is 6.92 Å². The lowest BCUT2D eigenvalue weighted by Crippen LogP contribution is -2.19. The number of hydrogen-bond donors (Lipinski definition) is 2. The van der Waals surface area contributed by atoms with E-state index in [1.165, 1.54) is 6.07 Å². The summed E-state index contributed by atoms with van der Waals surface area (Å²) in [5, 5.41) is 18.9. The Morgan fingerprint density at radius 2 is 1.80 bits per heavy atom. The van der Waals surface area contributed by atoms with Gasteiger partial charge in [0.25, 0.3) is 0 Å². The number of aromatic hydroxyl groups is 1. The summed E-state index contributed by atoms with van der Waals surface area (Å²) >= 11 is 0. The largest absolute Gasteiger partial charge is 0.504 e. The summed E-state index contributed by atoms with van der Waals surface area (Å²) in [5.41, 5.74) is 1.75. The van der Waals surface area contributed by atoms with Crippen LogP contribution in [-0.4, -0.2) is 22.8 Å². The normalized spacial score (nSPS) is 11.8. The number of hydrogen-bond acceptors (Lipinski definition) is 3. The zero-order chi connectivity index (χ0) is 14.5. The number of para-hydroxylation sites is 2. The fourth-order valence-electron chi connectivity index (χ4n) is 1.86. The van der Waals surface area contributed by atoms with Gasteiger partial charge in [-0.3, -0.25) is 4.79 Å². The fourth-order valence-corrected chi connectivity index (χ4v) is 1.86. The molecule has 1 unspecified atom stereocenters. The lowest BCUT2D eigenvalue weighted by atomic mass is 9.99. The highest BCUT2D eigenvalue weighted by molar-refractivity contribution is 5.76. The van der Waals surface area contributed by atoms with E-state index in [1.807, 2.05) is 19.1 Å². The van der Waals surface area contributed by atoms with Crippen molar-refractivity contribution >= 4 is 5.97 Å². The summed E-state index contributed by atoms with van der Waals surface area (Å²) in [5.74, 6) is -1.44. The van der Waals surface area contributed by atoms with Crippen molar-refractivity contribution in [3.63, 3.8) is 0 Å². The van der Waals surface area contributed by atoms with Gasteiger partial charge in [-0.15, -0.1) is 0 Å². The Balaban J connectivity index is 2.13. The summed E-state index contributed by atoms with van der Waals surface area (Å²) in [6, 6.07) is 13.8. The van der Waals surface area contributed by atoms with Crippen LogP contribution >= 0.6 is 0 Å². The standard InChI is InChI=1S/C16H16O4/c1-11-6-8-12(9-7-11)13(16(18)19)10-20-15-5-3-2-4-14(15)17/h2-9,13,17H,10H2,1H3,(H,18,19). The van der Waals surface area contributed by atoms with E-state index in [0.717, 1.165) is 5.56 Å². The third kappa shape index (κ3) is 3.29. The van der Waals surface area contributed by atoms with Crippen LogP contribution < -0.4 is 4.74 Å². The van der Waals surface area contributed by atoms with Crippen molar-refractivity contribution in [3.8, 4) is 11.5 Å². The van der Waals surface area contributed by atoms with Crippen LogP contribution in [0.4, 0.5) is 0 Å². The zero-order valence-electron chi connectivity index (χ0n) is 11.1. The first-order valence-electron chi connectivity index (χ1n) is 6.28. The first-order chi connectivity index (χ1) is 9.58. The van der Waals surface area contributed by atoms with Crippen molar-refractivity contribution in [2.45, 2.75) is 12.8 Å². The van der Waals surface area contributed by atoms with Crippen molar-refractivity contribution in [1.29, 1.82) is 0 Å². The quantitative estimate of drug-likeness (QED) is 0.878. The van der Waals surface area contributed by atoms with Gasteiger partial charge in [-0.25, -0.2) is 0 Å². The van der Waals surface area contributed by atoms with Crippen molar-refractivity contribution < 1.29 is 19.7 Å². The fraction of sp³-hybridized carbons (Fsp3) is 0.188. The van der Waals surface area contributed by atoms with Crippen molar-refractivity contribution in [2.75, 3.05) is 6.61 Å². The van der Waals surface area contributed by atoms with Crippen molar-refractivity contribution in [1.82, 2.24) is 0 Å². The van der Waals surface area contributed by atoms with Gasteiger partial charge in [-0.2, -0.15) is 0 Å². The summed E-state index contributed by atoms with van der Waals surface area (Å²) in [6.07, 6.45) is 0. The number of carboxylic acid groups (broad SMARTS) is 1. The molecule has 0 radical (unpaired) electrons. The number of benzene rings is 2. The Bertz CT molecular complexity index is 590. The highest BCUT2D eigenvalue weighted by atomic mass is 16.5. The Kier molecular flexibility index (Phi) is 4.25. The van der Waals surface area contributed by atoms with Crippen molar-refractivity contribution in [3.05, 3.63) is 59.7 Å². The molecule has 4 heteroatoms. The number of aryl methyl sites for hydroxylation is 1. The van der Waals surface area contributed by atoms with Gasteiger partial charge in [0.15, 0.2) is 11.5 Å². The van der Waals surface area contributed by atoms with Gasteiger partial charge in [-0.05, 0) is 24.6 Å². The molecule has 0 saturated heterocycles. The lowest BCUT2D eigenvalue weighted by molar-refractivity contribution is -0.139. The van der Waals surface area contributed by atoms with Gasteiger partial charge >= 0.3 is 5.97 Å². The molecule has 2 rings (SSSR count). The smallest absolute Gasteiger partial charge is 0.314 e. The van der Waals surface area contributed by atoms with Gasteiger partial charge in [-0.1, -0.05) is 42.0 Å². The molecule has 20 heavy (non-hydrogen) atoms. The van der Waals surface area contributed by atoms with E-state index in [-0.39, 0.29) is 18.1 Å². The van der Waals surface area contributed by atoms with E-state index in [9.17, 15) is 15.0 Å². The third-order valence-electron chi connectivity index (χ3n) is 3.05. The van der Waals surface area contributed by atoms with Gasteiger partial charge in [0.1, 0.15) is 12.5 Å². The minimum atomic E-state index is -0.954. The lowest BCUT2D eigenvalue weighted by Gasteiger charge is -2.15. The molecular weight excluding hydrogens is 256 g/mol. The summed E-state index contributed by atoms with van der Waals surface area (Å²) < 4.78 is 5.41. The molecule has 0 bridgehead atoms. The summed E-state index contributed by atoms with van der Waals surface area (Å²) in [7, 11) is 0. The Morgan fingerprint density at radius 3 is 2.40 bits per heavy atom. The van der Waals surface area contributed by atoms with E-state index >= 15 is 0 Å². The highest BCUT2D eigenvalue weighted by Crippen LogP contribution is 2.26. The molecule has 0 spiro atoms. The number of phenols is 1. The SMILES string of the molecule is Cc1ccc(C(COc2ccccc2O)C(=O)O)cc1. The first kappa shape index (κ1) is 13.9. The molecule has 1 atom stereocenters. The van der Waals surface area contributed by atoms with E-state index in [1.54, 1.807) is 30.3 Å². The second-order valence-corrected chi connectivity index (χ2v) is 4.58. The van der Waals surface area contributed by atoms with Gasteiger partial charge < -0.3 is 14.9 Å². The van der Waals surface area contributed by atoms with E-state index in [0.29, 0.717) is 5.56 Å². The van der Waals surface area contributed by atoms with E-state index < -0.39 is 11.9 Å². The van der Waals surface area contributed by atoms with Crippen LogP contribution in [0.3, 0.4) is 0 Å². The number of ether oxygens (including phenoxy) is 1. The number of rotatable bonds is 5. The maximum absolute atomic E-state index is 11.3. The van der Waals surface area contributed by atoms with E-state index in [2.05, 4.69) is 0 Å². The molecular formula is C16H16O4. The molecule has 0 aliphatic carbocycles. The van der Waals surface area contributed by atoms with Gasteiger partial charge in [0.2, 0.25) is 0 Å². The van der Waals surface area contributed by atoms with E-state index in [4.69, 9.17) is 4.74 Å². The maximum atomic E-state index is 11.3. The molecule has 0 aliphatic heterocycles. The highest BCUT2D eigenvalue weighted by Gasteiger charge is 2.21. The Morgan fingerprint density at radius 1 is 1.15 bits per heavy atom. The molecule has 4 nitrogen and oxygen atoms in total. The van der Waals surface area contributed by atoms with Crippen LogP contribution in [0.5, 0.6) is 11.5 Å². The minimum absolute atomic E-state index is 0.000505. The second-order valence-electron chi connectivity index (χ2n) is 4.58. The predicted molar refractivity (Wildman–Crippen MR) is 75.2 cm³/mol. The molecule has 0 fully saturated rings. The average Bonchev–Trinajstić information content (AvgIpc) is 2.42. The van der Waals surface area contributed by atoms with Gasteiger partial charge in [0, 0.05) is 0 Å². The third-order valence-corrected chi connectivity index (χ3v) is 3.05. The maximum Gasteiger partial charge on any atom is 0.314 e. The monoisotopic (exact) mass is 272 g/mol. The Hall–Kier alpha value is -2.49. The summed E-state index contributed by atoms with van der Waals surface area (Å²) in [6.45, 7) is 1.91. The first-order valence-corrected chi connectivity index (χ1v) is 6.28. The Labute approximate surface area is 117 Å². The predicted octanol–water partition coefficient (Wildman–Crippen LogP) is 2.95. The number of carbonyl (C=O) groups is 1. The molecule has 2 aromatic rings. The zero-order valence-corrected chi connectivity index (χ0v) is 11.1. The van der Waals surface area contributed by atoms with Crippen molar-refractivity contribution in [2.24, 2.45) is 0 Å². The average molecular weight is 272 g/mol. The summed E-state index contributed by atoms with van der Waals surface area (Å²) in [4.78, 5) is 11.3. The minimum Gasteiger partial charge on any atom is -0.504 e. The number of carboxylic acids is 1. The molecule has 2 N–H and O–H groups in total. The van der Waals surface area contributed by atoms with Crippen LogP contribution in [0.1, 0.15) is 17.0 Å². The molecule has 0 saturated carbocycles. The van der Waals surface area contributed by atoms with Crippen LogP contribution in [0.25, 0.3) is 0 Å². The van der Waals surface area contributed by atoms with Crippen LogP contribution in [-0.2, 0) is 4.79 Å². The molecule has 104 valence electrons. The molecule has 0 aromatic heterocycles. The molecule has 0 aliphatic rings. The molecule has 2 aromatic carbocycles. The van der Waals surface area contributed by atoms with Crippen LogP contribution in [0.15, 0.2) is 48.5 Å². The number of aliphatic carboxylic acids is 1. The topological polar surface area (TPSA) is 66.8 Å². The number of phenolic OH excluding ortho intramolecular Hbond substituents is 1.